The minimum absolute atomic E-state index is 0.0384. The predicted molar refractivity (Wildman–Crippen MR) is 90.5 cm³/mol. The standard InChI is InChI=1S/C16H24N2O6S/c1-3-11-6-8-16(9-7-11,15(20)21)18-14(19)13-5-4-12(24-13)10-17-25(2,22)23/h4-5,11,17H,3,6-10H2,1-2H3,(H,18,19)(H,20,21). The van der Waals surface area contributed by atoms with Crippen molar-refractivity contribution in [3.8, 4) is 0 Å². The summed E-state index contributed by atoms with van der Waals surface area (Å²) in [5.41, 5.74) is -1.28. The quantitative estimate of drug-likeness (QED) is 0.666. The minimum atomic E-state index is -3.37. The normalized spacial score (nSPS) is 24.0. The van der Waals surface area contributed by atoms with Crippen LogP contribution in [0.15, 0.2) is 16.5 Å². The van der Waals surface area contributed by atoms with Gasteiger partial charge in [-0.25, -0.2) is 17.9 Å². The Hall–Kier alpha value is -1.87. The molecule has 0 spiro atoms. The maximum absolute atomic E-state index is 12.4. The molecular formula is C16H24N2O6S. The highest BCUT2D eigenvalue weighted by molar-refractivity contribution is 7.88. The zero-order chi connectivity index (χ0) is 18.7. The van der Waals surface area contributed by atoms with Crippen LogP contribution < -0.4 is 10.0 Å². The first kappa shape index (κ1) is 19.5. The number of sulfonamides is 1. The number of hydrogen-bond acceptors (Lipinski definition) is 5. The number of rotatable bonds is 7. The fourth-order valence-electron chi connectivity index (χ4n) is 3.05. The number of hydrogen-bond donors (Lipinski definition) is 3. The van der Waals surface area contributed by atoms with Gasteiger partial charge in [0, 0.05) is 0 Å². The van der Waals surface area contributed by atoms with E-state index in [1.165, 1.54) is 12.1 Å². The molecule has 0 aromatic carbocycles. The summed E-state index contributed by atoms with van der Waals surface area (Å²) in [7, 11) is -3.37. The average Bonchev–Trinajstić information content (AvgIpc) is 3.02. The highest BCUT2D eigenvalue weighted by atomic mass is 32.2. The zero-order valence-electron chi connectivity index (χ0n) is 14.4. The van der Waals surface area contributed by atoms with E-state index in [-0.39, 0.29) is 18.1 Å². The van der Waals surface area contributed by atoms with E-state index in [4.69, 9.17) is 4.42 Å². The second kappa shape index (κ2) is 7.57. The molecule has 9 heteroatoms. The van der Waals surface area contributed by atoms with Crippen LogP contribution in [0.25, 0.3) is 0 Å². The van der Waals surface area contributed by atoms with Crippen molar-refractivity contribution in [1.29, 1.82) is 0 Å². The highest BCUT2D eigenvalue weighted by Gasteiger charge is 2.43. The lowest BCUT2D eigenvalue weighted by Gasteiger charge is -2.36. The SMILES string of the molecule is CCC1CCC(NC(=O)c2ccc(CNS(C)(=O)=O)o2)(C(=O)O)CC1. The number of carbonyl (C=O) groups excluding carboxylic acids is 1. The van der Waals surface area contributed by atoms with Gasteiger partial charge in [-0.1, -0.05) is 13.3 Å². The molecule has 1 aliphatic rings. The Bertz CT molecular complexity index is 732. The van der Waals surface area contributed by atoms with Gasteiger partial charge in [-0.3, -0.25) is 4.79 Å². The predicted octanol–water partition coefficient (Wildman–Crippen LogP) is 1.48. The molecule has 1 aliphatic carbocycles. The second-order valence-electron chi connectivity index (χ2n) is 6.55. The molecule has 0 unspecified atom stereocenters. The highest BCUT2D eigenvalue weighted by Crippen LogP contribution is 2.34. The molecule has 1 amide bonds. The lowest BCUT2D eigenvalue weighted by Crippen LogP contribution is -2.56. The Morgan fingerprint density at radius 2 is 1.96 bits per heavy atom. The molecule has 0 atom stereocenters. The molecule has 1 aromatic heterocycles. The molecular weight excluding hydrogens is 348 g/mol. The Morgan fingerprint density at radius 3 is 2.48 bits per heavy atom. The number of nitrogens with one attached hydrogen (secondary N) is 2. The van der Waals surface area contributed by atoms with Crippen molar-refractivity contribution in [2.24, 2.45) is 5.92 Å². The molecule has 25 heavy (non-hydrogen) atoms. The molecule has 1 saturated carbocycles. The van der Waals surface area contributed by atoms with E-state index in [9.17, 15) is 23.1 Å². The van der Waals surface area contributed by atoms with Crippen LogP contribution in [0.4, 0.5) is 0 Å². The zero-order valence-corrected chi connectivity index (χ0v) is 15.2. The number of carbonyl (C=O) groups is 2. The Balaban J connectivity index is 2.04. The third-order valence-electron chi connectivity index (χ3n) is 4.69. The van der Waals surface area contributed by atoms with E-state index in [0.717, 1.165) is 25.5 Å². The molecule has 0 bridgehead atoms. The smallest absolute Gasteiger partial charge is 0.329 e. The second-order valence-corrected chi connectivity index (χ2v) is 8.39. The van der Waals surface area contributed by atoms with Gasteiger partial charge in [-0.2, -0.15) is 0 Å². The van der Waals surface area contributed by atoms with E-state index >= 15 is 0 Å². The summed E-state index contributed by atoms with van der Waals surface area (Å²) in [6.07, 6.45) is 4.30. The Kier molecular flexibility index (Phi) is 5.89. The fraction of sp³-hybridized carbons (Fsp3) is 0.625. The van der Waals surface area contributed by atoms with Gasteiger partial charge in [0.1, 0.15) is 11.3 Å². The Labute approximate surface area is 147 Å². The van der Waals surface area contributed by atoms with E-state index in [2.05, 4.69) is 17.0 Å². The van der Waals surface area contributed by atoms with Gasteiger partial charge in [0.25, 0.3) is 5.91 Å². The summed E-state index contributed by atoms with van der Waals surface area (Å²) in [5.74, 6) is -0.927. The summed E-state index contributed by atoms with van der Waals surface area (Å²) in [4.78, 5) is 24.1. The lowest BCUT2D eigenvalue weighted by molar-refractivity contribution is -0.146. The van der Waals surface area contributed by atoms with Crippen molar-refractivity contribution in [2.75, 3.05) is 6.26 Å². The molecule has 1 fully saturated rings. The van der Waals surface area contributed by atoms with Crippen molar-refractivity contribution >= 4 is 21.9 Å². The first-order valence-electron chi connectivity index (χ1n) is 8.24. The van der Waals surface area contributed by atoms with E-state index in [1.54, 1.807) is 0 Å². The van der Waals surface area contributed by atoms with E-state index in [1.807, 2.05) is 0 Å². The summed E-state index contributed by atoms with van der Waals surface area (Å²) in [6.45, 7) is 2.00. The molecule has 140 valence electrons. The van der Waals surface area contributed by atoms with Crippen molar-refractivity contribution in [1.82, 2.24) is 10.0 Å². The van der Waals surface area contributed by atoms with Crippen LogP contribution in [0.1, 0.15) is 55.3 Å². The van der Waals surface area contributed by atoms with Gasteiger partial charge in [0.05, 0.1) is 12.8 Å². The van der Waals surface area contributed by atoms with Crippen molar-refractivity contribution in [3.05, 3.63) is 23.7 Å². The van der Waals surface area contributed by atoms with Crippen molar-refractivity contribution in [2.45, 2.75) is 51.1 Å². The molecule has 2 rings (SSSR count). The lowest BCUT2D eigenvalue weighted by atomic mass is 9.75. The fourth-order valence-corrected chi connectivity index (χ4v) is 3.45. The van der Waals surface area contributed by atoms with Crippen LogP contribution >= 0.6 is 0 Å². The molecule has 1 heterocycles. The van der Waals surface area contributed by atoms with Crippen LogP contribution in [-0.2, 0) is 21.4 Å². The first-order valence-corrected chi connectivity index (χ1v) is 10.1. The van der Waals surface area contributed by atoms with E-state index < -0.39 is 27.4 Å². The van der Waals surface area contributed by atoms with Gasteiger partial charge >= 0.3 is 5.97 Å². The molecule has 0 saturated heterocycles. The van der Waals surface area contributed by atoms with Crippen molar-refractivity contribution < 1.29 is 27.5 Å². The molecule has 0 aliphatic heterocycles. The largest absolute Gasteiger partial charge is 0.480 e. The number of carboxylic acid groups (broad SMARTS) is 1. The van der Waals surface area contributed by atoms with Gasteiger partial charge in [-0.05, 0) is 43.7 Å². The van der Waals surface area contributed by atoms with Gasteiger partial charge in [0.2, 0.25) is 10.0 Å². The number of carboxylic acids is 1. The number of furan rings is 1. The summed E-state index contributed by atoms with van der Waals surface area (Å²) in [5, 5.41) is 12.2. The monoisotopic (exact) mass is 372 g/mol. The number of amides is 1. The van der Waals surface area contributed by atoms with Crippen molar-refractivity contribution in [3.63, 3.8) is 0 Å². The number of aliphatic carboxylic acids is 1. The average molecular weight is 372 g/mol. The first-order chi connectivity index (χ1) is 11.6. The molecule has 1 aromatic rings. The van der Waals surface area contributed by atoms with Crippen LogP contribution in [0.2, 0.25) is 0 Å². The molecule has 8 nitrogen and oxygen atoms in total. The van der Waals surface area contributed by atoms with Crippen LogP contribution in [0.3, 0.4) is 0 Å². The van der Waals surface area contributed by atoms with Crippen LogP contribution in [0.5, 0.6) is 0 Å². The van der Waals surface area contributed by atoms with Gasteiger partial charge in [0.15, 0.2) is 5.76 Å². The summed E-state index contributed by atoms with van der Waals surface area (Å²) >= 11 is 0. The molecule has 3 N–H and O–H groups in total. The summed E-state index contributed by atoms with van der Waals surface area (Å²) < 4.78 is 29.7. The minimum Gasteiger partial charge on any atom is -0.480 e. The summed E-state index contributed by atoms with van der Waals surface area (Å²) in [6, 6.07) is 2.89. The van der Waals surface area contributed by atoms with Crippen LogP contribution in [0, 0.1) is 5.92 Å². The van der Waals surface area contributed by atoms with Gasteiger partial charge in [-0.15, -0.1) is 0 Å². The van der Waals surface area contributed by atoms with Gasteiger partial charge < -0.3 is 14.8 Å². The Morgan fingerprint density at radius 1 is 1.32 bits per heavy atom. The third kappa shape index (κ3) is 5.05. The van der Waals surface area contributed by atoms with E-state index in [0.29, 0.717) is 18.8 Å². The maximum atomic E-state index is 12.4. The third-order valence-corrected chi connectivity index (χ3v) is 5.36. The topological polar surface area (TPSA) is 126 Å². The maximum Gasteiger partial charge on any atom is 0.329 e. The molecule has 0 radical (unpaired) electrons. The van der Waals surface area contributed by atoms with Crippen LogP contribution in [-0.4, -0.2) is 37.2 Å².